The van der Waals surface area contributed by atoms with Gasteiger partial charge in [-0.15, -0.1) is 0 Å². The van der Waals surface area contributed by atoms with Crippen LogP contribution in [0.25, 0.3) is 22.2 Å². The Kier molecular flexibility index (Phi) is 5.06. The molecule has 6 nitrogen and oxygen atoms in total. The van der Waals surface area contributed by atoms with Gasteiger partial charge in [-0.05, 0) is 37.1 Å². The zero-order chi connectivity index (χ0) is 21.4. The number of benzene rings is 2. The second-order valence-corrected chi connectivity index (χ2v) is 8.20. The maximum absolute atomic E-state index is 13.6. The summed E-state index contributed by atoms with van der Waals surface area (Å²) in [7, 11) is 1.62. The van der Waals surface area contributed by atoms with Crippen LogP contribution < -0.4 is 4.74 Å². The number of nitrogens with zero attached hydrogens (tertiary/aromatic N) is 3. The number of hydrogen-bond donors (Lipinski definition) is 0. The minimum Gasteiger partial charge on any atom is -0.497 e. The summed E-state index contributed by atoms with van der Waals surface area (Å²) in [5, 5.41) is 0.778. The van der Waals surface area contributed by atoms with E-state index in [-0.39, 0.29) is 17.7 Å². The van der Waals surface area contributed by atoms with Crippen LogP contribution in [0.15, 0.2) is 54.6 Å². The summed E-state index contributed by atoms with van der Waals surface area (Å²) in [4.78, 5) is 34.5. The summed E-state index contributed by atoms with van der Waals surface area (Å²) < 4.78 is 5.39. The van der Waals surface area contributed by atoms with E-state index in [2.05, 4.69) is 0 Å². The van der Waals surface area contributed by atoms with E-state index in [0.717, 1.165) is 35.0 Å². The molecule has 1 aromatic heterocycles. The third kappa shape index (κ3) is 3.85. The molecule has 2 amide bonds. The smallest absolute Gasteiger partial charge is 0.254 e. The van der Waals surface area contributed by atoms with Gasteiger partial charge in [-0.2, -0.15) is 0 Å². The quantitative estimate of drug-likeness (QED) is 0.653. The molecule has 0 atom stereocenters. The number of pyridine rings is 1. The molecule has 2 aliphatic rings. The Labute approximate surface area is 181 Å². The van der Waals surface area contributed by atoms with E-state index in [0.29, 0.717) is 37.5 Å². The normalized spacial score (nSPS) is 16.4. The molecule has 0 N–H and O–H groups in total. The highest BCUT2D eigenvalue weighted by Gasteiger charge is 2.35. The first-order valence-electron chi connectivity index (χ1n) is 10.8. The lowest BCUT2D eigenvalue weighted by Crippen LogP contribution is -2.51. The Morgan fingerprint density at radius 3 is 2.32 bits per heavy atom. The maximum atomic E-state index is 13.6. The fourth-order valence-electron chi connectivity index (χ4n) is 4.15. The van der Waals surface area contributed by atoms with Gasteiger partial charge in [0.2, 0.25) is 5.91 Å². The van der Waals surface area contributed by atoms with Crippen LogP contribution in [0, 0.1) is 5.92 Å². The van der Waals surface area contributed by atoms with Crippen molar-refractivity contribution in [1.29, 1.82) is 0 Å². The molecule has 2 fully saturated rings. The molecule has 31 heavy (non-hydrogen) atoms. The molecular formula is C25H25N3O3. The van der Waals surface area contributed by atoms with Crippen molar-refractivity contribution in [2.45, 2.75) is 12.8 Å². The Hall–Kier alpha value is -3.41. The van der Waals surface area contributed by atoms with E-state index in [9.17, 15) is 9.59 Å². The van der Waals surface area contributed by atoms with Gasteiger partial charge in [0.05, 0.1) is 23.9 Å². The van der Waals surface area contributed by atoms with Crippen LogP contribution in [0.5, 0.6) is 5.75 Å². The van der Waals surface area contributed by atoms with Crippen LogP contribution in [-0.2, 0) is 4.79 Å². The summed E-state index contributed by atoms with van der Waals surface area (Å²) in [6.45, 7) is 2.29. The Morgan fingerprint density at radius 2 is 1.65 bits per heavy atom. The lowest BCUT2D eigenvalue weighted by molar-refractivity contribution is -0.134. The summed E-state index contributed by atoms with van der Waals surface area (Å²) in [6, 6.07) is 17.4. The number of fused-ring (bicyclic) bond motifs is 1. The summed E-state index contributed by atoms with van der Waals surface area (Å²) in [5.41, 5.74) is 3.11. The third-order valence-electron chi connectivity index (χ3n) is 6.12. The molecule has 5 rings (SSSR count). The van der Waals surface area contributed by atoms with Gasteiger partial charge in [0.25, 0.3) is 5.91 Å². The predicted molar refractivity (Wildman–Crippen MR) is 119 cm³/mol. The van der Waals surface area contributed by atoms with E-state index in [4.69, 9.17) is 9.72 Å². The number of carbonyl (C=O) groups is 2. The van der Waals surface area contributed by atoms with E-state index < -0.39 is 0 Å². The SMILES string of the molecule is COc1ccc2nc(-c3ccccc3)cc(C(=O)N3CCN(C(=O)C4CC4)CC3)c2c1. The van der Waals surface area contributed by atoms with Gasteiger partial charge in [-0.25, -0.2) is 4.98 Å². The van der Waals surface area contributed by atoms with Gasteiger partial charge in [-0.1, -0.05) is 30.3 Å². The molecule has 0 radical (unpaired) electrons. The van der Waals surface area contributed by atoms with Crippen molar-refractivity contribution in [2.75, 3.05) is 33.3 Å². The van der Waals surface area contributed by atoms with Crippen LogP contribution in [0.1, 0.15) is 23.2 Å². The van der Waals surface area contributed by atoms with E-state index in [1.165, 1.54) is 0 Å². The van der Waals surface area contributed by atoms with E-state index in [1.54, 1.807) is 7.11 Å². The number of hydrogen-bond acceptors (Lipinski definition) is 4. The van der Waals surface area contributed by atoms with Gasteiger partial charge >= 0.3 is 0 Å². The molecule has 3 aromatic rings. The van der Waals surface area contributed by atoms with Crippen LogP contribution in [-0.4, -0.2) is 59.9 Å². The highest BCUT2D eigenvalue weighted by Crippen LogP contribution is 2.32. The lowest BCUT2D eigenvalue weighted by atomic mass is 10.0. The number of aromatic nitrogens is 1. The van der Waals surface area contributed by atoms with Crippen molar-refractivity contribution >= 4 is 22.7 Å². The fraction of sp³-hybridized carbons (Fsp3) is 0.320. The average molecular weight is 415 g/mol. The highest BCUT2D eigenvalue weighted by atomic mass is 16.5. The number of ether oxygens (including phenoxy) is 1. The first-order chi connectivity index (χ1) is 15.1. The van der Waals surface area contributed by atoms with Crippen molar-refractivity contribution in [2.24, 2.45) is 5.92 Å². The zero-order valence-electron chi connectivity index (χ0n) is 17.6. The van der Waals surface area contributed by atoms with Crippen LogP contribution in [0.3, 0.4) is 0 Å². The standard InChI is InChI=1S/C25H25N3O3/c1-31-19-9-10-22-20(15-19)21(16-23(26-22)17-5-3-2-4-6-17)25(30)28-13-11-27(12-14-28)24(29)18-7-8-18/h2-6,9-10,15-16,18H,7-8,11-14H2,1H3. The maximum Gasteiger partial charge on any atom is 0.254 e. The van der Waals surface area contributed by atoms with Crippen molar-refractivity contribution < 1.29 is 14.3 Å². The minimum absolute atomic E-state index is 0.0312. The molecule has 0 unspecified atom stereocenters. The molecule has 2 heterocycles. The second kappa shape index (κ2) is 8.02. The Bertz CT molecular complexity index is 1130. The van der Waals surface area contributed by atoms with Crippen LogP contribution in [0.2, 0.25) is 0 Å². The van der Waals surface area contributed by atoms with Gasteiger partial charge in [0, 0.05) is 43.0 Å². The molecule has 2 aromatic carbocycles. The Balaban J connectivity index is 1.48. The molecule has 0 spiro atoms. The average Bonchev–Trinajstić information content (AvgIpc) is 3.68. The monoisotopic (exact) mass is 415 g/mol. The summed E-state index contributed by atoms with van der Waals surface area (Å²) in [6.07, 6.45) is 2.01. The van der Waals surface area contributed by atoms with Crippen molar-refractivity contribution in [3.8, 4) is 17.0 Å². The topological polar surface area (TPSA) is 62.7 Å². The number of piperazine rings is 1. The zero-order valence-corrected chi connectivity index (χ0v) is 17.6. The van der Waals surface area contributed by atoms with Gasteiger partial charge in [0.15, 0.2) is 0 Å². The fourth-order valence-corrected chi connectivity index (χ4v) is 4.15. The van der Waals surface area contributed by atoms with Crippen LogP contribution in [0.4, 0.5) is 0 Å². The number of methoxy groups -OCH3 is 1. The van der Waals surface area contributed by atoms with Crippen molar-refractivity contribution in [1.82, 2.24) is 14.8 Å². The number of carbonyl (C=O) groups excluding carboxylic acids is 2. The molecule has 1 aliphatic carbocycles. The molecule has 1 saturated heterocycles. The van der Waals surface area contributed by atoms with Crippen molar-refractivity contribution in [3.05, 3.63) is 60.2 Å². The molecule has 1 aliphatic heterocycles. The van der Waals surface area contributed by atoms with Crippen molar-refractivity contribution in [3.63, 3.8) is 0 Å². The largest absolute Gasteiger partial charge is 0.497 e. The molecule has 1 saturated carbocycles. The molecule has 6 heteroatoms. The van der Waals surface area contributed by atoms with Crippen LogP contribution >= 0.6 is 0 Å². The molecule has 0 bridgehead atoms. The molecular weight excluding hydrogens is 390 g/mol. The number of rotatable bonds is 4. The van der Waals surface area contributed by atoms with E-state index in [1.807, 2.05) is 64.4 Å². The lowest BCUT2D eigenvalue weighted by Gasteiger charge is -2.35. The summed E-state index contributed by atoms with van der Waals surface area (Å²) in [5.74, 6) is 1.12. The minimum atomic E-state index is -0.0312. The number of amides is 2. The Morgan fingerprint density at radius 1 is 0.935 bits per heavy atom. The predicted octanol–water partition coefficient (Wildman–Crippen LogP) is 3.60. The van der Waals surface area contributed by atoms with Gasteiger partial charge < -0.3 is 14.5 Å². The first kappa shape index (κ1) is 19.5. The van der Waals surface area contributed by atoms with Gasteiger partial charge in [-0.3, -0.25) is 9.59 Å². The highest BCUT2D eigenvalue weighted by molar-refractivity contribution is 6.07. The molecule has 158 valence electrons. The first-order valence-corrected chi connectivity index (χ1v) is 10.8. The van der Waals surface area contributed by atoms with E-state index >= 15 is 0 Å². The van der Waals surface area contributed by atoms with Gasteiger partial charge in [0.1, 0.15) is 5.75 Å². The second-order valence-electron chi connectivity index (χ2n) is 8.20. The third-order valence-corrected chi connectivity index (χ3v) is 6.12. The summed E-state index contributed by atoms with van der Waals surface area (Å²) >= 11 is 0.